The van der Waals surface area contributed by atoms with Crippen LogP contribution in [0.25, 0.3) is 0 Å². The van der Waals surface area contributed by atoms with Crippen LogP contribution in [0.5, 0.6) is 5.75 Å². The lowest BCUT2D eigenvalue weighted by Gasteiger charge is -2.09. The van der Waals surface area contributed by atoms with Crippen molar-refractivity contribution in [1.82, 2.24) is 14.9 Å². The molecule has 1 aromatic heterocycles. The lowest BCUT2D eigenvalue weighted by Crippen LogP contribution is -2.25. The van der Waals surface area contributed by atoms with E-state index in [0.717, 1.165) is 10.2 Å². The first-order chi connectivity index (χ1) is 14.0. The number of nitrogens with zero attached hydrogens (tertiary/aromatic N) is 3. The van der Waals surface area contributed by atoms with E-state index >= 15 is 0 Å². The molecule has 3 rings (SSSR count). The Labute approximate surface area is 171 Å². The van der Waals surface area contributed by atoms with E-state index in [1.807, 2.05) is 42.5 Å². The fourth-order valence-corrected chi connectivity index (χ4v) is 2.67. The van der Waals surface area contributed by atoms with Gasteiger partial charge in [-0.3, -0.25) is 14.7 Å². The monoisotopic (exact) mass is 410 g/mol. The second-order valence-electron chi connectivity index (χ2n) is 6.04. The number of aryl methyl sites for hydroxylation is 1. The molecule has 8 nitrogen and oxygen atoms in total. The highest BCUT2D eigenvalue weighted by Crippen LogP contribution is 2.17. The Morgan fingerprint density at radius 3 is 2.69 bits per heavy atom. The van der Waals surface area contributed by atoms with Gasteiger partial charge in [-0.2, -0.15) is 14.9 Å². The summed E-state index contributed by atoms with van der Waals surface area (Å²) in [6.45, 7) is 0.389. The van der Waals surface area contributed by atoms with Crippen LogP contribution in [0.1, 0.15) is 23.2 Å². The Kier molecular flexibility index (Phi) is 6.64. The number of carbonyl (C=O) groups is 1. The quantitative estimate of drug-likeness (QED) is 0.437. The van der Waals surface area contributed by atoms with Gasteiger partial charge in [0.1, 0.15) is 18.1 Å². The predicted molar refractivity (Wildman–Crippen MR) is 110 cm³/mol. The van der Waals surface area contributed by atoms with Gasteiger partial charge in [0.15, 0.2) is 0 Å². The zero-order chi connectivity index (χ0) is 20.6. The average molecular weight is 410 g/mol. The van der Waals surface area contributed by atoms with Gasteiger partial charge >= 0.3 is 5.97 Å². The first-order valence-corrected chi connectivity index (χ1v) is 9.18. The van der Waals surface area contributed by atoms with Crippen LogP contribution in [0, 0.1) is 4.77 Å². The molecule has 0 unspecified atom stereocenters. The van der Waals surface area contributed by atoms with Crippen molar-refractivity contribution in [2.75, 3.05) is 0 Å². The summed E-state index contributed by atoms with van der Waals surface area (Å²) in [7, 11) is 0. The van der Waals surface area contributed by atoms with Gasteiger partial charge in [0.05, 0.1) is 12.6 Å². The van der Waals surface area contributed by atoms with E-state index in [-0.39, 0.29) is 23.3 Å². The molecular weight excluding hydrogens is 392 g/mol. The van der Waals surface area contributed by atoms with Gasteiger partial charge in [-0.25, -0.2) is 0 Å². The molecule has 0 bridgehead atoms. The van der Waals surface area contributed by atoms with Crippen LogP contribution >= 0.6 is 12.2 Å². The van der Waals surface area contributed by atoms with Crippen LogP contribution < -0.4 is 10.3 Å². The Morgan fingerprint density at radius 2 is 1.93 bits per heavy atom. The first-order valence-electron chi connectivity index (χ1n) is 8.77. The van der Waals surface area contributed by atoms with E-state index in [1.54, 1.807) is 12.1 Å². The predicted octanol–water partition coefficient (Wildman–Crippen LogP) is 2.78. The number of aliphatic carboxylic acids is 1. The van der Waals surface area contributed by atoms with Crippen molar-refractivity contribution in [3.8, 4) is 5.75 Å². The number of carboxylic acids is 1. The van der Waals surface area contributed by atoms with Gasteiger partial charge < -0.3 is 9.84 Å². The lowest BCUT2D eigenvalue weighted by atomic mass is 10.2. The Balaban J connectivity index is 1.83. The summed E-state index contributed by atoms with van der Waals surface area (Å²) in [6, 6.07) is 17.0. The minimum Gasteiger partial charge on any atom is -0.488 e. The number of H-pyrrole nitrogens is 1. The maximum atomic E-state index is 12.5. The van der Waals surface area contributed by atoms with E-state index in [4.69, 9.17) is 22.1 Å². The SMILES string of the molecule is O=C(O)CCc1n[nH]c(=S)n(/N=C\c2ccccc2OCc2ccccc2)c1=O. The largest absolute Gasteiger partial charge is 0.488 e. The molecule has 0 radical (unpaired) electrons. The molecule has 0 aliphatic carbocycles. The van der Waals surface area contributed by atoms with Crippen molar-refractivity contribution in [3.05, 3.63) is 86.5 Å². The molecule has 0 spiro atoms. The van der Waals surface area contributed by atoms with Gasteiger partial charge in [-0.15, -0.1) is 0 Å². The van der Waals surface area contributed by atoms with E-state index in [0.29, 0.717) is 17.9 Å². The Morgan fingerprint density at radius 1 is 1.21 bits per heavy atom. The summed E-state index contributed by atoms with van der Waals surface area (Å²) in [5.41, 5.74) is 1.17. The molecule has 0 atom stereocenters. The van der Waals surface area contributed by atoms with Crippen molar-refractivity contribution < 1.29 is 14.6 Å². The summed E-state index contributed by atoms with van der Waals surface area (Å²) >= 11 is 5.08. The normalized spacial score (nSPS) is 10.9. The third-order valence-corrected chi connectivity index (χ3v) is 4.23. The van der Waals surface area contributed by atoms with Gasteiger partial charge in [-0.1, -0.05) is 42.5 Å². The number of hydrogen-bond acceptors (Lipinski definition) is 6. The number of ether oxygens (including phenoxy) is 1. The number of aromatic amines is 1. The second-order valence-corrected chi connectivity index (χ2v) is 6.43. The van der Waals surface area contributed by atoms with Crippen LogP contribution in [0.2, 0.25) is 0 Å². The molecule has 1 heterocycles. The van der Waals surface area contributed by atoms with Crippen LogP contribution in [-0.2, 0) is 17.8 Å². The maximum absolute atomic E-state index is 12.5. The molecular formula is C20H18N4O4S. The smallest absolute Gasteiger partial charge is 0.303 e. The Hall–Kier alpha value is -3.59. The van der Waals surface area contributed by atoms with Crippen molar-refractivity contribution >= 4 is 24.4 Å². The highest BCUT2D eigenvalue weighted by atomic mass is 32.1. The molecule has 0 saturated carbocycles. The van der Waals surface area contributed by atoms with E-state index in [9.17, 15) is 9.59 Å². The molecule has 2 N–H and O–H groups in total. The van der Waals surface area contributed by atoms with Crippen molar-refractivity contribution in [2.45, 2.75) is 19.4 Å². The first kappa shape index (κ1) is 20.2. The number of carboxylic acid groups (broad SMARTS) is 1. The number of para-hydroxylation sites is 1. The van der Waals surface area contributed by atoms with E-state index in [2.05, 4.69) is 15.3 Å². The summed E-state index contributed by atoms with van der Waals surface area (Å²) in [6.07, 6.45) is 1.23. The van der Waals surface area contributed by atoms with Gasteiger partial charge in [0.25, 0.3) is 5.56 Å². The number of hydrogen-bond donors (Lipinski definition) is 2. The number of aromatic nitrogens is 3. The van der Waals surface area contributed by atoms with Crippen molar-refractivity contribution in [3.63, 3.8) is 0 Å². The average Bonchev–Trinajstić information content (AvgIpc) is 2.73. The minimum atomic E-state index is -1.02. The molecule has 0 saturated heterocycles. The highest BCUT2D eigenvalue weighted by Gasteiger charge is 2.09. The lowest BCUT2D eigenvalue weighted by molar-refractivity contribution is -0.136. The molecule has 0 fully saturated rings. The summed E-state index contributed by atoms with van der Waals surface area (Å²) in [5.74, 6) is -0.420. The van der Waals surface area contributed by atoms with Crippen LogP contribution in [0.4, 0.5) is 0 Å². The van der Waals surface area contributed by atoms with Crippen LogP contribution in [0.15, 0.2) is 64.5 Å². The van der Waals surface area contributed by atoms with Gasteiger partial charge in [-0.05, 0) is 29.9 Å². The number of rotatable bonds is 8. The molecule has 0 aliphatic rings. The number of benzene rings is 2. The third-order valence-electron chi connectivity index (χ3n) is 3.96. The van der Waals surface area contributed by atoms with E-state index in [1.165, 1.54) is 6.21 Å². The minimum absolute atomic E-state index is 0.00742. The topological polar surface area (TPSA) is 110 Å². The second kappa shape index (κ2) is 9.56. The highest BCUT2D eigenvalue weighted by molar-refractivity contribution is 7.71. The number of nitrogens with one attached hydrogen (secondary N) is 1. The molecule has 0 aliphatic heterocycles. The van der Waals surface area contributed by atoms with Crippen molar-refractivity contribution in [2.24, 2.45) is 5.10 Å². The molecule has 3 aromatic rings. The van der Waals surface area contributed by atoms with Crippen molar-refractivity contribution in [1.29, 1.82) is 0 Å². The summed E-state index contributed by atoms with van der Waals surface area (Å²) < 4.78 is 6.86. The maximum Gasteiger partial charge on any atom is 0.303 e. The van der Waals surface area contributed by atoms with E-state index < -0.39 is 11.5 Å². The standard InChI is InChI=1S/C20H18N4O4S/c25-18(26)11-10-16-19(27)24(20(29)23-22-16)21-12-15-8-4-5-9-17(15)28-13-14-6-2-1-3-7-14/h1-9,12H,10-11,13H2,(H,23,29)(H,25,26)/b21-12-. The third kappa shape index (κ3) is 5.45. The molecule has 9 heteroatoms. The fraction of sp³-hybridized carbons (Fsp3) is 0.150. The fourth-order valence-electron chi connectivity index (χ4n) is 2.49. The zero-order valence-corrected chi connectivity index (χ0v) is 16.1. The molecule has 0 amide bonds. The molecule has 148 valence electrons. The van der Waals surface area contributed by atoms with Gasteiger partial charge in [0.2, 0.25) is 4.77 Å². The Bertz CT molecular complexity index is 1140. The molecule has 29 heavy (non-hydrogen) atoms. The molecule has 2 aromatic carbocycles. The van der Waals surface area contributed by atoms with Gasteiger partial charge in [0, 0.05) is 12.0 Å². The summed E-state index contributed by atoms with van der Waals surface area (Å²) in [4.78, 5) is 23.2. The van der Waals surface area contributed by atoms with Crippen LogP contribution in [-0.4, -0.2) is 32.2 Å². The van der Waals surface area contributed by atoms with Crippen LogP contribution in [0.3, 0.4) is 0 Å². The zero-order valence-electron chi connectivity index (χ0n) is 15.3. The summed E-state index contributed by atoms with van der Waals surface area (Å²) in [5, 5.41) is 19.3.